The molecule has 1 amide bonds. The summed E-state index contributed by atoms with van der Waals surface area (Å²) in [6, 6.07) is 14.3. The average Bonchev–Trinajstić information content (AvgIpc) is 2.63. The summed E-state index contributed by atoms with van der Waals surface area (Å²) < 4.78 is 0. The fourth-order valence-corrected chi connectivity index (χ4v) is 4.28. The number of hydrogen-bond acceptors (Lipinski definition) is 3. The van der Waals surface area contributed by atoms with Crippen LogP contribution in [0, 0.1) is 13.8 Å². The molecule has 0 aromatic heterocycles. The minimum Gasteiger partial charge on any atom is -0.367 e. The van der Waals surface area contributed by atoms with Crippen LogP contribution >= 0.6 is 23.4 Å². The van der Waals surface area contributed by atoms with E-state index in [4.69, 9.17) is 11.6 Å². The molecule has 132 valence electrons. The zero-order valence-corrected chi connectivity index (χ0v) is 16.2. The van der Waals surface area contributed by atoms with E-state index < -0.39 is 0 Å². The molecular weight excluding hydrogens is 352 g/mol. The molecule has 3 rings (SSSR count). The quantitative estimate of drug-likeness (QED) is 0.741. The van der Waals surface area contributed by atoms with Gasteiger partial charge in [0.25, 0.3) is 0 Å². The van der Waals surface area contributed by atoms with Gasteiger partial charge in [-0.2, -0.15) is 0 Å². The van der Waals surface area contributed by atoms with Gasteiger partial charge in [-0.05, 0) is 37.6 Å². The van der Waals surface area contributed by atoms with Crippen molar-refractivity contribution in [3.8, 4) is 0 Å². The normalized spacial score (nSPS) is 14.7. The second-order valence-corrected chi connectivity index (χ2v) is 7.80. The number of aryl methyl sites for hydroxylation is 2. The van der Waals surface area contributed by atoms with Gasteiger partial charge in [0, 0.05) is 31.1 Å². The molecular formula is C20H23ClN2OS. The standard InChI is InChI=1S/C20H23ClN2OS/c1-15-7-8-16(2)19(13-15)25-14-20(24)23-11-9-22(10-12-23)18-6-4-3-5-17(18)21/h3-8,13H,9-12,14H2,1-2H3. The van der Waals surface area contributed by atoms with Gasteiger partial charge in [-0.3, -0.25) is 4.79 Å². The van der Waals surface area contributed by atoms with Crippen molar-refractivity contribution in [3.05, 3.63) is 58.6 Å². The van der Waals surface area contributed by atoms with Crippen LogP contribution in [0.1, 0.15) is 11.1 Å². The zero-order valence-electron chi connectivity index (χ0n) is 14.7. The molecule has 0 saturated carbocycles. The number of nitrogens with zero attached hydrogens (tertiary/aromatic N) is 2. The van der Waals surface area contributed by atoms with E-state index in [0.717, 1.165) is 36.9 Å². The first-order chi connectivity index (χ1) is 12.0. The van der Waals surface area contributed by atoms with Crippen molar-refractivity contribution in [2.75, 3.05) is 36.8 Å². The Morgan fingerprint density at radius 1 is 1.08 bits per heavy atom. The number of carbonyl (C=O) groups is 1. The number of amides is 1. The Balaban J connectivity index is 1.53. The highest BCUT2D eigenvalue weighted by Crippen LogP contribution is 2.27. The molecule has 1 fully saturated rings. The third kappa shape index (κ3) is 4.50. The highest BCUT2D eigenvalue weighted by Gasteiger charge is 2.22. The second kappa shape index (κ2) is 8.15. The topological polar surface area (TPSA) is 23.6 Å². The summed E-state index contributed by atoms with van der Waals surface area (Å²) in [4.78, 5) is 18.0. The number of piperazine rings is 1. The maximum absolute atomic E-state index is 12.5. The van der Waals surface area contributed by atoms with E-state index in [2.05, 4.69) is 36.9 Å². The van der Waals surface area contributed by atoms with Crippen molar-refractivity contribution in [2.24, 2.45) is 0 Å². The molecule has 25 heavy (non-hydrogen) atoms. The zero-order chi connectivity index (χ0) is 17.8. The van der Waals surface area contributed by atoms with Gasteiger partial charge < -0.3 is 9.80 Å². The lowest BCUT2D eigenvalue weighted by Crippen LogP contribution is -2.49. The van der Waals surface area contributed by atoms with E-state index in [1.165, 1.54) is 16.0 Å². The molecule has 5 heteroatoms. The van der Waals surface area contributed by atoms with E-state index in [-0.39, 0.29) is 5.91 Å². The number of rotatable bonds is 4. The number of carbonyl (C=O) groups excluding carboxylic acids is 1. The van der Waals surface area contributed by atoms with E-state index in [1.807, 2.05) is 29.2 Å². The van der Waals surface area contributed by atoms with Crippen LogP contribution in [0.2, 0.25) is 5.02 Å². The van der Waals surface area contributed by atoms with Crippen LogP contribution < -0.4 is 4.90 Å². The lowest BCUT2D eigenvalue weighted by atomic mass is 10.2. The summed E-state index contributed by atoms with van der Waals surface area (Å²) in [6.45, 7) is 7.32. The summed E-state index contributed by atoms with van der Waals surface area (Å²) in [5.41, 5.74) is 3.52. The molecule has 1 heterocycles. The first-order valence-corrected chi connectivity index (χ1v) is 9.88. The van der Waals surface area contributed by atoms with Crippen molar-refractivity contribution in [1.29, 1.82) is 0 Å². The first-order valence-electron chi connectivity index (χ1n) is 8.52. The van der Waals surface area contributed by atoms with Crippen LogP contribution in [-0.2, 0) is 4.79 Å². The molecule has 1 aliphatic heterocycles. The van der Waals surface area contributed by atoms with E-state index >= 15 is 0 Å². The second-order valence-electron chi connectivity index (χ2n) is 6.38. The van der Waals surface area contributed by atoms with Crippen LogP contribution in [0.3, 0.4) is 0 Å². The highest BCUT2D eigenvalue weighted by atomic mass is 35.5. The first kappa shape index (κ1) is 18.2. The van der Waals surface area contributed by atoms with Gasteiger partial charge in [-0.15, -0.1) is 11.8 Å². The molecule has 2 aromatic rings. The minimum absolute atomic E-state index is 0.213. The summed E-state index contributed by atoms with van der Waals surface area (Å²) in [5, 5.41) is 0.771. The third-order valence-corrected chi connectivity index (χ3v) is 5.98. The molecule has 3 nitrogen and oxygen atoms in total. The van der Waals surface area contributed by atoms with E-state index in [0.29, 0.717) is 5.75 Å². The molecule has 0 N–H and O–H groups in total. The molecule has 0 unspecified atom stereocenters. The number of thioether (sulfide) groups is 1. The van der Waals surface area contributed by atoms with Crippen molar-refractivity contribution in [2.45, 2.75) is 18.7 Å². The van der Waals surface area contributed by atoms with Crippen molar-refractivity contribution < 1.29 is 4.79 Å². The van der Waals surface area contributed by atoms with Gasteiger partial charge >= 0.3 is 0 Å². The van der Waals surface area contributed by atoms with Crippen molar-refractivity contribution in [3.63, 3.8) is 0 Å². The van der Waals surface area contributed by atoms with E-state index in [1.54, 1.807) is 11.8 Å². The largest absolute Gasteiger partial charge is 0.367 e. The maximum Gasteiger partial charge on any atom is 0.233 e. The van der Waals surface area contributed by atoms with Crippen LogP contribution in [-0.4, -0.2) is 42.7 Å². The lowest BCUT2D eigenvalue weighted by Gasteiger charge is -2.36. The SMILES string of the molecule is Cc1ccc(C)c(SCC(=O)N2CCN(c3ccccc3Cl)CC2)c1. The van der Waals surface area contributed by atoms with Gasteiger partial charge in [0.1, 0.15) is 0 Å². The predicted molar refractivity (Wildman–Crippen MR) is 107 cm³/mol. The molecule has 1 saturated heterocycles. The molecule has 0 radical (unpaired) electrons. The Bertz CT molecular complexity index is 757. The highest BCUT2D eigenvalue weighted by molar-refractivity contribution is 8.00. The van der Waals surface area contributed by atoms with Crippen LogP contribution in [0.4, 0.5) is 5.69 Å². The van der Waals surface area contributed by atoms with Gasteiger partial charge in [-0.1, -0.05) is 41.4 Å². The maximum atomic E-state index is 12.5. The Hall–Kier alpha value is -1.65. The van der Waals surface area contributed by atoms with Crippen molar-refractivity contribution >= 4 is 35.0 Å². The van der Waals surface area contributed by atoms with Gasteiger partial charge in [0.15, 0.2) is 0 Å². The van der Waals surface area contributed by atoms with Crippen molar-refractivity contribution in [1.82, 2.24) is 4.90 Å². The molecule has 1 aliphatic rings. The minimum atomic E-state index is 0.213. The number of benzene rings is 2. The molecule has 0 bridgehead atoms. The summed E-state index contributed by atoms with van der Waals surface area (Å²) >= 11 is 7.91. The molecule has 0 aliphatic carbocycles. The fourth-order valence-electron chi connectivity index (χ4n) is 3.00. The average molecular weight is 375 g/mol. The predicted octanol–water partition coefficient (Wildman–Crippen LogP) is 4.40. The monoisotopic (exact) mass is 374 g/mol. The van der Waals surface area contributed by atoms with Gasteiger partial charge in [0.05, 0.1) is 16.5 Å². The van der Waals surface area contributed by atoms with E-state index in [9.17, 15) is 4.79 Å². The van der Waals surface area contributed by atoms with Crippen LogP contribution in [0.15, 0.2) is 47.4 Å². The van der Waals surface area contributed by atoms with Crippen LogP contribution in [0.25, 0.3) is 0 Å². The Morgan fingerprint density at radius 2 is 1.80 bits per heavy atom. The number of halogens is 1. The molecule has 0 spiro atoms. The number of hydrogen-bond donors (Lipinski definition) is 0. The number of para-hydroxylation sites is 1. The lowest BCUT2D eigenvalue weighted by molar-refractivity contribution is -0.128. The summed E-state index contributed by atoms with van der Waals surface area (Å²) in [5.74, 6) is 0.709. The smallest absolute Gasteiger partial charge is 0.233 e. The molecule has 0 atom stereocenters. The van der Waals surface area contributed by atoms with Gasteiger partial charge in [-0.25, -0.2) is 0 Å². The van der Waals surface area contributed by atoms with Crippen LogP contribution in [0.5, 0.6) is 0 Å². The molecule has 2 aromatic carbocycles. The third-order valence-electron chi connectivity index (χ3n) is 4.52. The fraction of sp³-hybridized carbons (Fsp3) is 0.350. The Labute approximate surface area is 159 Å². The summed E-state index contributed by atoms with van der Waals surface area (Å²) in [7, 11) is 0. The number of anilines is 1. The summed E-state index contributed by atoms with van der Waals surface area (Å²) in [6.07, 6.45) is 0. The Morgan fingerprint density at radius 3 is 2.52 bits per heavy atom. The Kier molecular flexibility index (Phi) is 5.92. The van der Waals surface area contributed by atoms with Gasteiger partial charge in [0.2, 0.25) is 5.91 Å².